The Morgan fingerprint density at radius 3 is 2.12 bits per heavy atom. The summed E-state index contributed by atoms with van der Waals surface area (Å²) in [5, 5.41) is 3.14. The molecule has 2 aliphatic rings. The summed E-state index contributed by atoms with van der Waals surface area (Å²) in [6, 6.07) is 0.270. The highest BCUT2D eigenvalue weighted by molar-refractivity contribution is 5.83. The molecule has 16 heavy (non-hydrogen) atoms. The number of hydrogen-bond acceptors (Lipinski definition) is 1. The lowest BCUT2D eigenvalue weighted by molar-refractivity contribution is -0.124. The first-order valence-electron chi connectivity index (χ1n) is 6.66. The summed E-state index contributed by atoms with van der Waals surface area (Å²) in [6.45, 7) is 12.6. The molecule has 2 nitrogen and oxygen atoms in total. The lowest BCUT2D eigenvalue weighted by atomic mass is 9.88. The molecule has 1 spiro atoms. The van der Waals surface area contributed by atoms with Crippen molar-refractivity contribution < 1.29 is 4.79 Å². The van der Waals surface area contributed by atoms with Gasteiger partial charge in [-0.3, -0.25) is 4.79 Å². The Bertz CT molecular complexity index is 260. The number of rotatable bonds is 2. The van der Waals surface area contributed by atoms with Gasteiger partial charge in [0.1, 0.15) is 0 Å². The van der Waals surface area contributed by atoms with Crippen molar-refractivity contribution in [2.24, 2.45) is 16.7 Å². The van der Waals surface area contributed by atoms with Gasteiger partial charge in [0.2, 0.25) is 5.91 Å². The van der Waals surface area contributed by atoms with Crippen molar-refractivity contribution in [3.63, 3.8) is 0 Å². The Morgan fingerprint density at radius 1 is 1.31 bits per heavy atom. The Kier molecular flexibility index (Phi) is 3.71. The third-order valence-corrected chi connectivity index (χ3v) is 4.06. The van der Waals surface area contributed by atoms with E-state index in [1.54, 1.807) is 0 Å². The second-order valence-corrected chi connectivity index (χ2v) is 6.22. The molecule has 2 fully saturated rings. The van der Waals surface area contributed by atoms with Gasteiger partial charge in [0, 0.05) is 12.0 Å². The third kappa shape index (κ3) is 2.78. The van der Waals surface area contributed by atoms with Crippen molar-refractivity contribution in [2.75, 3.05) is 0 Å². The smallest absolute Gasteiger partial charge is 0.223 e. The van der Waals surface area contributed by atoms with Crippen molar-refractivity contribution in [1.29, 1.82) is 0 Å². The quantitative estimate of drug-likeness (QED) is 0.767. The molecule has 0 aromatic heterocycles. The number of hydrogen-bond donors (Lipinski definition) is 1. The number of amides is 1. The van der Waals surface area contributed by atoms with Crippen LogP contribution in [-0.2, 0) is 4.79 Å². The van der Waals surface area contributed by atoms with E-state index in [9.17, 15) is 4.79 Å². The predicted octanol–water partition coefficient (Wildman–Crippen LogP) is 3.36. The molecule has 0 aromatic carbocycles. The van der Waals surface area contributed by atoms with Gasteiger partial charge in [-0.05, 0) is 37.0 Å². The van der Waals surface area contributed by atoms with Crippen LogP contribution in [0.25, 0.3) is 0 Å². The van der Waals surface area contributed by atoms with E-state index in [0.29, 0.717) is 17.2 Å². The first-order valence-corrected chi connectivity index (χ1v) is 6.66. The van der Waals surface area contributed by atoms with Crippen LogP contribution in [0.3, 0.4) is 0 Å². The van der Waals surface area contributed by atoms with Crippen LogP contribution in [-0.4, -0.2) is 11.9 Å². The van der Waals surface area contributed by atoms with Crippen LogP contribution in [0.4, 0.5) is 0 Å². The van der Waals surface area contributed by atoms with Gasteiger partial charge in [-0.15, -0.1) is 0 Å². The minimum atomic E-state index is 0.168. The van der Waals surface area contributed by atoms with Crippen molar-refractivity contribution in [3.8, 4) is 0 Å². The molecule has 1 amide bonds. The van der Waals surface area contributed by atoms with E-state index < -0.39 is 0 Å². The molecule has 0 aliphatic heterocycles. The Balaban J connectivity index is 0.000000606. The highest BCUT2D eigenvalue weighted by Gasteiger charge is 2.65. The van der Waals surface area contributed by atoms with Gasteiger partial charge in [0.05, 0.1) is 0 Å². The van der Waals surface area contributed by atoms with E-state index in [1.807, 2.05) is 13.8 Å². The van der Waals surface area contributed by atoms with Crippen LogP contribution in [0, 0.1) is 16.7 Å². The summed E-state index contributed by atoms with van der Waals surface area (Å²) in [4.78, 5) is 11.8. The maximum Gasteiger partial charge on any atom is 0.223 e. The van der Waals surface area contributed by atoms with Gasteiger partial charge in [0.15, 0.2) is 0 Å². The second kappa shape index (κ2) is 4.38. The highest BCUT2D eigenvalue weighted by Crippen LogP contribution is 2.70. The van der Waals surface area contributed by atoms with Crippen LogP contribution in [0.2, 0.25) is 0 Å². The zero-order valence-corrected chi connectivity index (χ0v) is 11.7. The SMILES string of the molecule is CC.CC(NC(=O)C1CC12CC2)C(C)(C)C. The molecule has 0 heterocycles. The zero-order chi connectivity index (χ0) is 12.6. The first-order chi connectivity index (χ1) is 7.35. The van der Waals surface area contributed by atoms with Crippen LogP contribution >= 0.6 is 0 Å². The minimum absolute atomic E-state index is 0.168. The average Bonchev–Trinajstić information content (AvgIpc) is 3.09. The zero-order valence-electron chi connectivity index (χ0n) is 11.7. The summed E-state index contributed by atoms with van der Waals surface area (Å²) in [6.07, 6.45) is 3.72. The summed E-state index contributed by atoms with van der Waals surface area (Å²) < 4.78 is 0. The predicted molar refractivity (Wildman–Crippen MR) is 68.2 cm³/mol. The molecule has 1 N–H and O–H groups in total. The molecule has 2 rings (SSSR count). The lowest BCUT2D eigenvalue weighted by Crippen LogP contribution is -2.42. The topological polar surface area (TPSA) is 29.1 Å². The normalized spacial score (nSPS) is 26.5. The first kappa shape index (κ1) is 13.5. The molecule has 2 unspecified atom stereocenters. The largest absolute Gasteiger partial charge is 0.353 e. The molecular formula is C14H27NO. The van der Waals surface area contributed by atoms with Crippen molar-refractivity contribution in [1.82, 2.24) is 5.32 Å². The Morgan fingerprint density at radius 2 is 1.81 bits per heavy atom. The molecule has 2 atom stereocenters. The van der Waals surface area contributed by atoms with Crippen LogP contribution < -0.4 is 5.32 Å². The van der Waals surface area contributed by atoms with Gasteiger partial charge < -0.3 is 5.32 Å². The standard InChI is InChI=1S/C12H21NO.C2H6/c1-8(11(2,3)4)13-10(14)9-7-12(9)5-6-12;1-2/h8-9H,5-7H2,1-4H3,(H,13,14);1-2H3. The molecule has 0 aromatic rings. The molecule has 0 radical (unpaired) electrons. The van der Waals surface area contributed by atoms with Crippen molar-refractivity contribution in [3.05, 3.63) is 0 Å². The van der Waals surface area contributed by atoms with Crippen molar-refractivity contribution >= 4 is 5.91 Å². The van der Waals surface area contributed by atoms with Gasteiger partial charge in [-0.2, -0.15) is 0 Å². The molecule has 2 saturated carbocycles. The number of carbonyl (C=O) groups is 1. The molecule has 94 valence electrons. The van der Waals surface area contributed by atoms with E-state index in [2.05, 4.69) is 33.0 Å². The van der Waals surface area contributed by atoms with Crippen molar-refractivity contribution in [2.45, 2.75) is 66.8 Å². The van der Waals surface area contributed by atoms with Crippen LogP contribution in [0.5, 0.6) is 0 Å². The Hall–Kier alpha value is -0.530. The maximum atomic E-state index is 11.8. The molecule has 0 saturated heterocycles. The van der Waals surface area contributed by atoms with E-state index in [4.69, 9.17) is 0 Å². The van der Waals surface area contributed by atoms with Gasteiger partial charge in [-0.1, -0.05) is 34.6 Å². The van der Waals surface area contributed by atoms with E-state index in [1.165, 1.54) is 12.8 Å². The summed E-state index contributed by atoms with van der Waals surface area (Å²) in [5.74, 6) is 0.650. The third-order valence-electron chi connectivity index (χ3n) is 4.06. The average molecular weight is 225 g/mol. The summed E-state index contributed by atoms with van der Waals surface area (Å²) >= 11 is 0. The summed E-state index contributed by atoms with van der Waals surface area (Å²) in [5.41, 5.74) is 0.656. The maximum absolute atomic E-state index is 11.8. The number of nitrogens with one attached hydrogen (secondary N) is 1. The Labute approximate surface area is 100 Å². The van der Waals surface area contributed by atoms with Gasteiger partial charge in [-0.25, -0.2) is 0 Å². The lowest BCUT2D eigenvalue weighted by Gasteiger charge is -2.28. The molecular weight excluding hydrogens is 198 g/mol. The highest BCUT2D eigenvalue weighted by atomic mass is 16.2. The minimum Gasteiger partial charge on any atom is -0.353 e. The fraction of sp³-hybridized carbons (Fsp3) is 0.929. The fourth-order valence-corrected chi connectivity index (χ4v) is 1.96. The number of carbonyl (C=O) groups excluding carboxylic acids is 1. The fourth-order valence-electron chi connectivity index (χ4n) is 1.96. The van der Waals surface area contributed by atoms with Crippen LogP contribution in [0.15, 0.2) is 0 Å². The van der Waals surface area contributed by atoms with Gasteiger partial charge in [0.25, 0.3) is 0 Å². The molecule has 0 bridgehead atoms. The van der Waals surface area contributed by atoms with E-state index in [0.717, 1.165) is 6.42 Å². The molecule has 2 aliphatic carbocycles. The second-order valence-electron chi connectivity index (χ2n) is 6.22. The van der Waals surface area contributed by atoms with Gasteiger partial charge >= 0.3 is 0 Å². The van der Waals surface area contributed by atoms with E-state index in [-0.39, 0.29) is 11.5 Å². The van der Waals surface area contributed by atoms with E-state index >= 15 is 0 Å². The summed E-state index contributed by atoms with van der Waals surface area (Å²) in [7, 11) is 0. The monoisotopic (exact) mass is 225 g/mol. The van der Waals surface area contributed by atoms with Crippen LogP contribution in [0.1, 0.15) is 60.8 Å². The molecule has 2 heteroatoms.